The number of aromatic amines is 1. The number of methoxy groups -OCH3 is 1. The van der Waals surface area contributed by atoms with E-state index in [0.717, 1.165) is 16.3 Å². The van der Waals surface area contributed by atoms with Crippen LogP contribution in [0.3, 0.4) is 0 Å². The number of carbonyl (C=O) groups is 1. The molecule has 4 aromatic rings. The molecule has 2 N–H and O–H groups in total. The average Bonchev–Trinajstić information content (AvgIpc) is 3.01. The van der Waals surface area contributed by atoms with Crippen molar-refractivity contribution >= 4 is 56.6 Å². The summed E-state index contributed by atoms with van der Waals surface area (Å²) in [7, 11) is 1.50. The zero-order valence-corrected chi connectivity index (χ0v) is 15.0. The number of carbonyl (C=O) groups excluding carboxylic acids is 1. The molecule has 0 radical (unpaired) electrons. The number of H-pyrrole nitrogens is 1. The van der Waals surface area contributed by atoms with Crippen LogP contribution in [0.15, 0.2) is 42.9 Å². The smallest absolute Gasteiger partial charge is 0.257 e. The fraction of sp³-hybridized carbons (Fsp3) is 0.0556. The maximum Gasteiger partial charge on any atom is 0.257 e. The van der Waals surface area contributed by atoms with E-state index in [-0.39, 0.29) is 5.91 Å². The van der Waals surface area contributed by atoms with E-state index in [1.54, 1.807) is 30.6 Å². The molecule has 26 heavy (non-hydrogen) atoms. The first-order valence-corrected chi connectivity index (χ1v) is 8.39. The van der Waals surface area contributed by atoms with Crippen LogP contribution in [-0.2, 0) is 0 Å². The van der Waals surface area contributed by atoms with E-state index in [1.807, 2.05) is 6.07 Å². The van der Waals surface area contributed by atoms with Gasteiger partial charge in [0.2, 0.25) is 0 Å². The van der Waals surface area contributed by atoms with Crippen molar-refractivity contribution in [2.45, 2.75) is 0 Å². The van der Waals surface area contributed by atoms with E-state index in [2.05, 4.69) is 20.3 Å². The number of aromatic nitrogens is 3. The number of halogens is 2. The molecule has 1 aromatic carbocycles. The van der Waals surface area contributed by atoms with Crippen molar-refractivity contribution in [1.29, 1.82) is 0 Å². The number of hydrogen-bond acceptors (Lipinski definition) is 4. The number of nitrogens with zero attached hydrogens (tertiary/aromatic N) is 2. The van der Waals surface area contributed by atoms with E-state index < -0.39 is 0 Å². The molecule has 4 rings (SSSR count). The summed E-state index contributed by atoms with van der Waals surface area (Å²) in [5.41, 5.74) is 2.34. The number of nitrogens with one attached hydrogen (secondary N) is 2. The topological polar surface area (TPSA) is 79.9 Å². The molecule has 0 saturated carbocycles. The van der Waals surface area contributed by atoms with Crippen LogP contribution in [0.2, 0.25) is 10.2 Å². The normalized spacial score (nSPS) is 11.0. The van der Waals surface area contributed by atoms with Crippen LogP contribution in [0.5, 0.6) is 5.75 Å². The zero-order chi connectivity index (χ0) is 18.3. The van der Waals surface area contributed by atoms with Gasteiger partial charge in [-0.3, -0.25) is 9.78 Å². The molecule has 1 amide bonds. The largest absolute Gasteiger partial charge is 0.493 e. The SMILES string of the molecule is COc1c(Cl)cc2c([nH]c3cnccc32)c1NC(=O)c1ccc(Cl)nc1. The number of benzene rings is 1. The maximum absolute atomic E-state index is 12.6. The number of anilines is 1. The van der Waals surface area contributed by atoms with Gasteiger partial charge in [-0.15, -0.1) is 0 Å². The average molecular weight is 387 g/mol. The van der Waals surface area contributed by atoms with Gasteiger partial charge in [-0.25, -0.2) is 4.98 Å². The first-order chi connectivity index (χ1) is 12.6. The second-order valence-corrected chi connectivity index (χ2v) is 6.35. The minimum Gasteiger partial charge on any atom is -0.493 e. The Balaban J connectivity index is 1.89. The summed E-state index contributed by atoms with van der Waals surface area (Å²) in [6.45, 7) is 0. The highest BCUT2D eigenvalue weighted by molar-refractivity contribution is 6.35. The fourth-order valence-electron chi connectivity index (χ4n) is 2.85. The summed E-state index contributed by atoms with van der Waals surface area (Å²) in [4.78, 5) is 24.0. The summed E-state index contributed by atoms with van der Waals surface area (Å²) in [5, 5.41) is 5.37. The number of fused-ring (bicyclic) bond motifs is 3. The highest BCUT2D eigenvalue weighted by atomic mass is 35.5. The molecule has 0 saturated heterocycles. The lowest BCUT2D eigenvalue weighted by molar-refractivity contribution is 0.102. The summed E-state index contributed by atoms with van der Waals surface area (Å²) in [6.07, 6.45) is 4.82. The van der Waals surface area contributed by atoms with Crippen molar-refractivity contribution < 1.29 is 9.53 Å². The molecule has 0 bridgehead atoms. The lowest BCUT2D eigenvalue weighted by Crippen LogP contribution is -2.13. The Morgan fingerprint density at radius 2 is 2.04 bits per heavy atom. The van der Waals surface area contributed by atoms with E-state index in [0.29, 0.717) is 32.7 Å². The van der Waals surface area contributed by atoms with E-state index in [9.17, 15) is 4.79 Å². The number of rotatable bonds is 3. The predicted molar refractivity (Wildman–Crippen MR) is 102 cm³/mol. The van der Waals surface area contributed by atoms with Gasteiger partial charge in [0.05, 0.1) is 34.9 Å². The van der Waals surface area contributed by atoms with Crippen LogP contribution in [-0.4, -0.2) is 28.0 Å². The van der Waals surface area contributed by atoms with Crippen molar-refractivity contribution in [3.8, 4) is 5.75 Å². The van der Waals surface area contributed by atoms with Crippen LogP contribution >= 0.6 is 23.2 Å². The molecule has 3 heterocycles. The molecule has 0 fully saturated rings. The van der Waals surface area contributed by atoms with Crippen LogP contribution in [0, 0.1) is 0 Å². The van der Waals surface area contributed by atoms with Gasteiger partial charge in [0, 0.05) is 23.2 Å². The zero-order valence-electron chi connectivity index (χ0n) is 13.5. The lowest BCUT2D eigenvalue weighted by atomic mass is 10.1. The van der Waals surface area contributed by atoms with Crippen molar-refractivity contribution in [2.24, 2.45) is 0 Å². The maximum atomic E-state index is 12.6. The van der Waals surface area contributed by atoms with Gasteiger partial charge >= 0.3 is 0 Å². The third-order valence-electron chi connectivity index (χ3n) is 4.04. The predicted octanol–water partition coefficient (Wildman–Crippen LogP) is 4.68. The number of ether oxygens (including phenoxy) is 1. The first kappa shape index (κ1) is 16.6. The fourth-order valence-corrected chi connectivity index (χ4v) is 3.25. The van der Waals surface area contributed by atoms with Gasteiger partial charge in [-0.2, -0.15) is 0 Å². The monoisotopic (exact) mass is 386 g/mol. The minimum absolute atomic E-state index is 0.312. The van der Waals surface area contributed by atoms with Gasteiger partial charge < -0.3 is 15.0 Å². The Kier molecular flexibility index (Phi) is 4.14. The van der Waals surface area contributed by atoms with Crippen LogP contribution in [0.1, 0.15) is 10.4 Å². The molecule has 0 unspecified atom stereocenters. The molecule has 8 heteroatoms. The summed E-state index contributed by atoms with van der Waals surface area (Å²) < 4.78 is 5.42. The first-order valence-electron chi connectivity index (χ1n) is 7.63. The Morgan fingerprint density at radius 1 is 1.19 bits per heavy atom. The lowest BCUT2D eigenvalue weighted by Gasteiger charge is -2.13. The molecule has 130 valence electrons. The molecule has 3 aromatic heterocycles. The third-order valence-corrected chi connectivity index (χ3v) is 4.54. The van der Waals surface area contributed by atoms with Crippen LogP contribution < -0.4 is 10.1 Å². The summed E-state index contributed by atoms with van der Waals surface area (Å²) >= 11 is 12.2. The van der Waals surface area contributed by atoms with Crippen LogP contribution in [0.25, 0.3) is 21.8 Å². The molecular weight excluding hydrogens is 375 g/mol. The second-order valence-electron chi connectivity index (χ2n) is 5.56. The molecule has 0 aliphatic rings. The van der Waals surface area contributed by atoms with Gasteiger partial charge in [0.15, 0.2) is 5.75 Å². The van der Waals surface area contributed by atoms with Crippen LogP contribution in [0.4, 0.5) is 5.69 Å². The molecule has 0 atom stereocenters. The van der Waals surface area contributed by atoms with E-state index >= 15 is 0 Å². The van der Waals surface area contributed by atoms with Gasteiger partial charge in [0.1, 0.15) is 10.8 Å². The summed E-state index contributed by atoms with van der Waals surface area (Å²) in [6, 6.07) is 6.82. The number of hydrogen-bond donors (Lipinski definition) is 2. The van der Waals surface area contributed by atoms with Gasteiger partial charge in [-0.1, -0.05) is 23.2 Å². The highest BCUT2D eigenvalue weighted by Gasteiger charge is 2.19. The quantitative estimate of drug-likeness (QED) is 0.501. The molecule has 6 nitrogen and oxygen atoms in total. The molecule has 0 aliphatic heterocycles. The van der Waals surface area contributed by atoms with Gasteiger partial charge in [-0.05, 0) is 24.3 Å². The Bertz CT molecular complexity index is 1140. The van der Waals surface area contributed by atoms with Crippen molar-refractivity contribution in [2.75, 3.05) is 12.4 Å². The van der Waals surface area contributed by atoms with Crippen molar-refractivity contribution in [1.82, 2.24) is 15.0 Å². The Morgan fingerprint density at radius 3 is 2.77 bits per heavy atom. The summed E-state index contributed by atoms with van der Waals surface area (Å²) in [5.74, 6) is 0.0155. The standard InChI is InChI=1S/C18H12Cl2N4O2/c1-26-17-12(19)6-11-10-4-5-21-8-13(10)23-15(11)16(17)24-18(25)9-2-3-14(20)22-7-9/h2-8,23H,1H3,(H,24,25). The Labute approximate surface area is 158 Å². The second kappa shape index (κ2) is 6.48. The third kappa shape index (κ3) is 2.73. The van der Waals surface area contributed by atoms with E-state index in [1.165, 1.54) is 13.3 Å². The van der Waals surface area contributed by atoms with Gasteiger partial charge in [0.25, 0.3) is 5.91 Å². The van der Waals surface area contributed by atoms with E-state index in [4.69, 9.17) is 27.9 Å². The molecule has 0 aliphatic carbocycles. The number of pyridine rings is 2. The minimum atomic E-state index is -0.354. The highest BCUT2D eigenvalue weighted by Crippen LogP contribution is 2.42. The van der Waals surface area contributed by atoms with Crippen molar-refractivity contribution in [3.05, 3.63) is 58.6 Å². The molecule has 0 spiro atoms. The Hall–Kier alpha value is -2.83. The molecular formula is C18H12Cl2N4O2. The number of amides is 1. The van der Waals surface area contributed by atoms with Crippen molar-refractivity contribution in [3.63, 3.8) is 0 Å².